The van der Waals surface area contributed by atoms with Gasteiger partial charge < -0.3 is 10.1 Å². The van der Waals surface area contributed by atoms with E-state index in [1.165, 1.54) is 18.0 Å². The van der Waals surface area contributed by atoms with Crippen LogP contribution in [0.1, 0.15) is 40.7 Å². The van der Waals surface area contributed by atoms with Gasteiger partial charge in [0.2, 0.25) is 0 Å². The Bertz CT molecular complexity index is 1480. The Morgan fingerprint density at radius 2 is 1.97 bits per heavy atom. The number of carbonyl (C=O) groups is 1. The molecular formula is C27H24N4O3. The van der Waals surface area contributed by atoms with Gasteiger partial charge in [-0.3, -0.25) is 14.2 Å². The monoisotopic (exact) mass is 452 g/mol. The van der Waals surface area contributed by atoms with Crippen LogP contribution in [0.2, 0.25) is 0 Å². The van der Waals surface area contributed by atoms with Crippen LogP contribution in [0.3, 0.4) is 0 Å². The molecule has 1 amide bonds. The van der Waals surface area contributed by atoms with Gasteiger partial charge in [-0.15, -0.1) is 0 Å². The summed E-state index contributed by atoms with van der Waals surface area (Å²) in [4.78, 5) is 30.6. The molecule has 0 aliphatic heterocycles. The molecule has 1 N–H and O–H groups in total. The Balaban J connectivity index is 1.68. The number of carbonyl (C=O) groups excluding carboxylic acids is 1. The molecule has 0 aliphatic carbocycles. The Hall–Kier alpha value is -4.44. The van der Waals surface area contributed by atoms with Crippen LogP contribution >= 0.6 is 0 Å². The lowest BCUT2D eigenvalue weighted by Gasteiger charge is -2.14. The second-order valence-corrected chi connectivity index (χ2v) is 7.95. The number of hydrogen-bond donors (Lipinski definition) is 1. The van der Waals surface area contributed by atoms with Gasteiger partial charge in [-0.1, -0.05) is 31.2 Å². The quantitative estimate of drug-likeness (QED) is 0.445. The molecule has 1 unspecified atom stereocenters. The van der Waals surface area contributed by atoms with Gasteiger partial charge in [-0.25, -0.2) is 4.98 Å². The van der Waals surface area contributed by atoms with E-state index in [0.717, 1.165) is 11.1 Å². The third-order valence-electron chi connectivity index (χ3n) is 5.81. The summed E-state index contributed by atoms with van der Waals surface area (Å²) >= 11 is 0. The highest BCUT2D eigenvalue weighted by Gasteiger charge is 2.14. The van der Waals surface area contributed by atoms with Gasteiger partial charge in [0.05, 0.1) is 30.2 Å². The molecule has 170 valence electrons. The minimum absolute atomic E-state index is 0.231. The number of rotatable bonds is 6. The first kappa shape index (κ1) is 22.7. The number of anilines is 1. The maximum absolute atomic E-state index is 13.2. The van der Waals surface area contributed by atoms with Crippen molar-refractivity contribution in [2.24, 2.45) is 0 Å². The normalized spacial score (nSPS) is 11.6. The van der Waals surface area contributed by atoms with Crippen LogP contribution in [0.25, 0.3) is 16.6 Å². The van der Waals surface area contributed by atoms with E-state index in [1.54, 1.807) is 48.5 Å². The SMILES string of the molecule is CCC(C#N)c1cccc(C(=O)Nc2ccc(C)c(-n3cnc4c(OC)cccc4c3=O)c2)c1. The van der Waals surface area contributed by atoms with Crippen LogP contribution < -0.4 is 15.6 Å². The fourth-order valence-electron chi connectivity index (χ4n) is 3.91. The molecule has 0 saturated carbocycles. The summed E-state index contributed by atoms with van der Waals surface area (Å²) in [6.07, 6.45) is 2.14. The van der Waals surface area contributed by atoms with Gasteiger partial charge in [-0.05, 0) is 60.9 Å². The summed E-state index contributed by atoms with van der Waals surface area (Å²) in [6.45, 7) is 3.83. The van der Waals surface area contributed by atoms with Crippen molar-refractivity contribution in [1.29, 1.82) is 5.26 Å². The molecular weight excluding hydrogens is 428 g/mol. The third kappa shape index (κ3) is 4.26. The molecule has 7 heteroatoms. The zero-order chi connectivity index (χ0) is 24.2. The van der Waals surface area contributed by atoms with E-state index in [1.807, 2.05) is 26.0 Å². The van der Waals surface area contributed by atoms with E-state index < -0.39 is 0 Å². The van der Waals surface area contributed by atoms with Crippen LogP contribution in [0.4, 0.5) is 5.69 Å². The van der Waals surface area contributed by atoms with Crippen molar-refractivity contribution in [3.63, 3.8) is 0 Å². The van der Waals surface area contributed by atoms with Crippen LogP contribution in [0, 0.1) is 18.3 Å². The highest BCUT2D eigenvalue weighted by atomic mass is 16.5. The van der Waals surface area contributed by atoms with Crippen molar-refractivity contribution in [1.82, 2.24) is 9.55 Å². The molecule has 1 heterocycles. The number of fused-ring (bicyclic) bond motifs is 1. The molecule has 4 rings (SSSR count). The van der Waals surface area contributed by atoms with Crippen LogP contribution in [0.5, 0.6) is 5.75 Å². The zero-order valence-corrected chi connectivity index (χ0v) is 19.2. The number of nitrogens with zero attached hydrogens (tertiary/aromatic N) is 3. The molecule has 0 radical (unpaired) electrons. The second kappa shape index (κ2) is 9.59. The van der Waals surface area contributed by atoms with Gasteiger partial charge in [0.15, 0.2) is 0 Å². The average Bonchev–Trinajstić information content (AvgIpc) is 2.86. The van der Waals surface area contributed by atoms with E-state index in [-0.39, 0.29) is 17.4 Å². The predicted octanol–water partition coefficient (Wildman–Crippen LogP) is 4.97. The van der Waals surface area contributed by atoms with E-state index in [2.05, 4.69) is 16.4 Å². The first-order chi connectivity index (χ1) is 16.5. The highest BCUT2D eigenvalue weighted by Crippen LogP contribution is 2.24. The Morgan fingerprint density at radius 1 is 1.18 bits per heavy atom. The smallest absolute Gasteiger partial charge is 0.265 e. The average molecular weight is 453 g/mol. The van der Waals surface area contributed by atoms with E-state index >= 15 is 0 Å². The maximum Gasteiger partial charge on any atom is 0.265 e. The Morgan fingerprint density at radius 3 is 2.71 bits per heavy atom. The molecule has 0 aliphatic rings. The van der Waals surface area contributed by atoms with Crippen molar-refractivity contribution < 1.29 is 9.53 Å². The number of ether oxygens (including phenoxy) is 1. The third-order valence-corrected chi connectivity index (χ3v) is 5.81. The van der Waals surface area contributed by atoms with Crippen LogP contribution in [-0.4, -0.2) is 22.6 Å². The molecule has 0 bridgehead atoms. The van der Waals surface area contributed by atoms with Gasteiger partial charge in [0.25, 0.3) is 11.5 Å². The van der Waals surface area contributed by atoms with Crippen LogP contribution in [0.15, 0.2) is 71.8 Å². The van der Waals surface area contributed by atoms with Gasteiger partial charge in [0.1, 0.15) is 17.6 Å². The predicted molar refractivity (Wildman–Crippen MR) is 132 cm³/mol. The van der Waals surface area contributed by atoms with Crippen LogP contribution in [-0.2, 0) is 0 Å². The lowest BCUT2D eigenvalue weighted by molar-refractivity contribution is 0.102. The molecule has 1 atom stereocenters. The summed E-state index contributed by atoms with van der Waals surface area (Å²) in [5.41, 5.74) is 3.55. The summed E-state index contributed by atoms with van der Waals surface area (Å²) < 4.78 is 6.78. The first-order valence-corrected chi connectivity index (χ1v) is 10.9. The number of nitrogens with one attached hydrogen (secondary N) is 1. The Kier molecular flexibility index (Phi) is 6.42. The maximum atomic E-state index is 13.2. The highest BCUT2D eigenvalue weighted by molar-refractivity contribution is 6.04. The minimum atomic E-state index is -0.293. The van der Waals surface area contributed by atoms with Gasteiger partial charge in [0, 0.05) is 11.3 Å². The van der Waals surface area contributed by atoms with Gasteiger partial charge >= 0.3 is 0 Å². The van der Waals surface area contributed by atoms with E-state index in [4.69, 9.17) is 4.74 Å². The molecule has 0 spiro atoms. The fourth-order valence-corrected chi connectivity index (χ4v) is 3.91. The van der Waals surface area contributed by atoms with Crippen molar-refractivity contribution in [2.45, 2.75) is 26.2 Å². The zero-order valence-electron chi connectivity index (χ0n) is 19.2. The van der Waals surface area contributed by atoms with E-state index in [9.17, 15) is 14.9 Å². The summed E-state index contributed by atoms with van der Waals surface area (Å²) in [7, 11) is 1.54. The minimum Gasteiger partial charge on any atom is -0.494 e. The molecule has 3 aromatic carbocycles. The lowest BCUT2D eigenvalue weighted by atomic mass is 9.96. The number of aromatic nitrogens is 2. The van der Waals surface area contributed by atoms with Crippen molar-refractivity contribution >= 4 is 22.5 Å². The number of methoxy groups -OCH3 is 1. The number of nitriles is 1. The number of aryl methyl sites for hydroxylation is 1. The topological polar surface area (TPSA) is 97.0 Å². The molecule has 34 heavy (non-hydrogen) atoms. The van der Waals surface area contributed by atoms with Gasteiger partial charge in [-0.2, -0.15) is 5.26 Å². The lowest BCUT2D eigenvalue weighted by Crippen LogP contribution is -2.20. The largest absolute Gasteiger partial charge is 0.494 e. The summed E-state index contributed by atoms with van der Waals surface area (Å²) in [5, 5.41) is 12.7. The summed E-state index contributed by atoms with van der Waals surface area (Å²) in [5.74, 6) is -0.0220. The molecule has 0 saturated heterocycles. The fraction of sp³-hybridized carbons (Fsp3) is 0.185. The molecule has 0 fully saturated rings. The number of amides is 1. The molecule has 4 aromatic rings. The summed E-state index contributed by atoms with van der Waals surface area (Å²) in [6, 6.07) is 19.9. The number of hydrogen-bond acceptors (Lipinski definition) is 5. The number of benzene rings is 3. The first-order valence-electron chi connectivity index (χ1n) is 10.9. The second-order valence-electron chi connectivity index (χ2n) is 7.95. The van der Waals surface area contributed by atoms with Crippen molar-refractivity contribution in [3.8, 4) is 17.5 Å². The van der Waals surface area contributed by atoms with Crippen molar-refractivity contribution in [2.75, 3.05) is 12.4 Å². The van der Waals surface area contributed by atoms with Crippen molar-refractivity contribution in [3.05, 3.63) is 94.0 Å². The Labute approximate surface area is 197 Å². The molecule has 1 aromatic heterocycles. The standard InChI is InChI=1S/C27H24N4O3/c1-4-18(15-28)19-7-5-8-20(13-19)26(32)30-21-12-11-17(2)23(14-21)31-16-29-25-22(27(31)33)9-6-10-24(25)34-3/h5-14,16,18H,4H2,1-3H3,(H,30,32). The van der Waals surface area contributed by atoms with E-state index in [0.29, 0.717) is 40.0 Å². The molecule has 7 nitrogen and oxygen atoms in total. The number of para-hydroxylation sites is 1.